The highest BCUT2D eigenvalue weighted by Crippen LogP contribution is 2.38. The van der Waals surface area contributed by atoms with E-state index in [1.807, 2.05) is 30.3 Å². The van der Waals surface area contributed by atoms with Crippen LogP contribution in [0.4, 0.5) is 0 Å². The smallest absolute Gasteiger partial charge is 0.186 e. The molecule has 2 N–H and O–H groups in total. The molecule has 0 amide bonds. The minimum absolute atomic E-state index is 0.257. The molecule has 2 heterocycles. The van der Waals surface area contributed by atoms with Gasteiger partial charge in [0, 0.05) is 12.7 Å². The van der Waals surface area contributed by atoms with Crippen LogP contribution in [0.2, 0.25) is 0 Å². The Bertz CT molecular complexity index is 476. The summed E-state index contributed by atoms with van der Waals surface area (Å²) in [5.41, 5.74) is -0.629. The van der Waals surface area contributed by atoms with E-state index in [9.17, 15) is 10.2 Å². The Morgan fingerprint density at radius 2 is 1.95 bits per heavy atom. The molecule has 0 bridgehead atoms. The van der Waals surface area contributed by atoms with Gasteiger partial charge >= 0.3 is 0 Å². The maximum Gasteiger partial charge on any atom is 0.186 e. The number of rotatable bonds is 2. The van der Waals surface area contributed by atoms with Crippen molar-refractivity contribution < 1.29 is 29.2 Å². The maximum absolute atomic E-state index is 10.6. The van der Waals surface area contributed by atoms with Crippen LogP contribution in [0.15, 0.2) is 30.3 Å². The molecule has 21 heavy (non-hydrogen) atoms. The van der Waals surface area contributed by atoms with Crippen LogP contribution in [0.25, 0.3) is 0 Å². The number of hydrogen-bond donors (Lipinski definition) is 2. The zero-order valence-corrected chi connectivity index (χ0v) is 12.0. The highest BCUT2D eigenvalue weighted by Gasteiger charge is 2.56. The van der Waals surface area contributed by atoms with E-state index in [0.29, 0.717) is 0 Å². The van der Waals surface area contributed by atoms with Crippen LogP contribution in [0.3, 0.4) is 0 Å². The van der Waals surface area contributed by atoms with Crippen molar-refractivity contribution in [1.82, 2.24) is 0 Å². The van der Waals surface area contributed by atoms with Gasteiger partial charge in [0.25, 0.3) is 0 Å². The molecule has 3 rings (SSSR count). The first-order valence-electron chi connectivity index (χ1n) is 6.94. The van der Waals surface area contributed by atoms with Crippen LogP contribution < -0.4 is 0 Å². The van der Waals surface area contributed by atoms with E-state index >= 15 is 0 Å². The first kappa shape index (κ1) is 14.9. The van der Waals surface area contributed by atoms with Crippen molar-refractivity contribution in [2.75, 3.05) is 13.7 Å². The number of aliphatic hydroxyl groups excluding tert-OH is 1. The van der Waals surface area contributed by atoms with E-state index in [-0.39, 0.29) is 6.61 Å². The third-order valence-corrected chi connectivity index (χ3v) is 4.07. The van der Waals surface area contributed by atoms with Crippen LogP contribution in [0.5, 0.6) is 0 Å². The monoisotopic (exact) mass is 296 g/mol. The van der Waals surface area contributed by atoms with Gasteiger partial charge in [-0.2, -0.15) is 0 Å². The minimum Gasteiger partial charge on any atom is -0.385 e. The molecule has 1 aromatic carbocycles. The average molecular weight is 296 g/mol. The summed E-state index contributed by atoms with van der Waals surface area (Å²) in [5, 5.41) is 20.8. The second-order valence-corrected chi connectivity index (χ2v) is 5.58. The van der Waals surface area contributed by atoms with Crippen LogP contribution >= 0.6 is 0 Å². The number of methoxy groups -OCH3 is 1. The molecule has 6 atom stereocenters. The molecule has 2 aliphatic heterocycles. The van der Waals surface area contributed by atoms with Crippen molar-refractivity contribution in [1.29, 1.82) is 0 Å². The molecular formula is C15H20O6. The van der Waals surface area contributed by atoms with Crippen molar-refractivity contribution in [2.45, 2.75) is 43.4 Å². The summed E-state index contributed by atoms with van der Waals surface area (Å²) in [6.07, 6.45) is -3.88. The van der Waals surface area contributed by atoms with Crippen molar-refractivity contribution in [3.63, 3.8) is 0 Å². The average Bonchev–Trinajstić information content (AvgIpc) is 2.52. The Balaban J connectivity index is 1.81. The summed E-state index contributed by atoms with van der Waals surface area (Å²) in [4.78, 5) is 0. The molecule has 6 heteroatoms. The van der Waals surface area contributed by atoms with E-state index in [1.165, 1.54) is 14.0 Å². The molecule has 2 saturated heterocycles. The molecule has 0 spiro atoms. The predicted molar refractivity (Wildman–Crippen MR) is 72.3 cm³/mol. The van der Waals surface area contributed by atoms with Crippen molar-refractivity contribution in [3.8, 4) is 0 Å². The van der Waals surface area contributed by atoms with Crippen molar-refractivity contribution >= 4 is 0 Å². The summed E-state index contributed by atoms with van der Waals surface area (Å²) in [6.45, 7) is 1.78. The Labute approximate surface area is 123 Å². The molecule has 2 aliphatic rings. The van der Waals surface area contributed by atoms with Gasteiger partial charge in [-0.05, 0) is 6.92 Å². The standard InChI is InChI=1S/C15H20O6/c1-15(17)11(16)14(18-2)20-10-8-19-13(21-12(10)15)9-6-4-3-5-7-9/h3-7,10-14,16-17H,8H2,1-2H3/t10-,11+,12-,13?,14+,15+/m1/s1. The van der Waals surface area contributed by atoms with Gasteiger partial charge in [-0.1, -0.05) is 30.3 Å². The third-order valence-electron chi connectivity index (χ3n) is 4.07. The summed E-state index contributed by atoms with van der Waals surface area (Å²) >= 11 is 0. The second-order valence-electron chi connectivity index (χ2n) is 5.58. The highest BCUT2D eigenvalue weighted by atomic mass is 16.8. The largest absolute Gasteiger partial charge is 0.385 e. The van der Waals surface area contributed by atoms with Crippen LogP contribution in [0, 0.1) is 0 Å². The fourth-order valence-corrected chi connectivity index (χ4v) is 2.81. The van der Waals surface area contributed by atoms with Gasteiger partial charge < -0.3 is 29.2 Å². The summed E-state index contributed by atoms with van der Waals surface area (Å²) in [6, 6.07) is 9.45. The van der Waals surface area contributed by atoms with E-state index in [2.05, 4.69) is 0 Å². The number of aliphatic hydroxyl groups is 2. The van der Waals surface area contributed by atoms with Gasteiger partial charge in [0.05, 0.1) is 6.61 Å². The summed E-state index contributed by atoms with van der Waals surface area (Å²) < 4.78 is 22.1. The lowest BCUT2D eigenvalue weighted by atomic mass is 9.85. The number of ether oxygens (including phenoxy) is 4. The molecule has 0 aliphatic carbocycles. The Morgan fingerprint density at radius 1 is 1.24 bits per heavy atom. The van der Waals surface area contributed by atoms with Crippen molar-refractivity contribution in [2.24, 2.45) is 0 Å². The first-order chi connectivity index (χ1) is 10.0. The van der Waals surface area contributed by atoms with E-state index < -0.39 is 36.5 Å². The molecule has 116 valence electrons. The van der Waals surface area contributed by atoms with Gasteiger partial charge in [0.15, 0.2) is 12.6 Å². The molecular weight excluding hydrogens is 276 g/mol. The Hall–Kier alpha value is -1.02. The summed E-state index contributed by atoms with van der Waals surface area (Å²) in [7, 11) is 1.42. The fourth-order valence-electron chi connectivity index (χ4n) is 2.81. The van der Waals surface area contributed by atoms with Gasteiger partial charge in [0.1, 0.15) is 23.9 Å². The molecule has 1 aromatic rings. The van der Waals surface area contributed by atoms with Crippen LogP contribution in [-0.2, 0) is 18.9 Å². The third kappa shape index (κ3) is 2.59. The first-order valence-corrected chi connectivity index (χ1v) is 6.94. The lowest BCUT2D eigenvalue weighted by Crippen LogP contribution is -2.68. The topological polar surface area (TPSA) is 77.4 Å². The molecule has 0 radical (unpaired) electrons. The van der Waals surface area contributed by atoms with E-state index in [1.54, 1.807) is 0 Å². The van der Waals surface area contributed by atoms with Crippen molar-refractivity contribution in [3.05, 3.63) is 35.9 Å². The number of benzene rings is 1. The molecule has 0 saturated carbocycles. The van der Waals surface area contributed by atoms with Gasteiger partial charge in [-0.15, -0.1) is 0 Å². The lowest BCUT2D eigenvalue weighted by molar-refractivity contribution is -0.380. The zero-order chi connectivity index (χ0) is 15.0. The second kappa shape index (κ2) is 5.64. The van der Waals surface area contributed by atoms with E-state index in [0.717, 1.165) is 5.56 Å². The lowest BCUT2D eigenvalue weighted by Gasteiger charge is -2.50. The molecule has 0 aromatic heterocycles. The SMILES string of the molecule is CO[C@H]1O[C@@H]2COC(c3ccccc3)O[C@H]2[C@@](C)(O)[C@H]1O. The van der Waals surface area contributed by atoms with Crippen LogP contribution in [0.1, 0.15) is 18.8 Å². The molecule has 6 nitrogen and oxygen atoms in total. The molecule has 2 fully saturated rings. The Kier molecular flexibility index (Phi) is 4.00. The van der Waals surface area contributed by atoms with E-state index in [4.69, 9.17) is 18.9 Å². The minimum atomic E-state index is -1.49. The zero-order valence-electron chi connectivity index (χ0n) is 12.0. The quantitative estimate of drug-likeness (QED) is 0.831. The normalized spacial score (nSPS) is 43.3. The predicted octanol–water partition coefficient (Wildman–Crippen LogP) is 0.584. The number of fused-ring (bicyclic) bond motifs is 1. The number of hydrogen-bond acceptors (Lipinski definition) is 6. The van der Waals surface area contributed by atoms with Gasteiger partial charge in [-0.25, -0.2) is 0 Å². The Morgan fingerprint density at radius 3 is 2.62 bits per heavy atom. The van der Waals surface area contributed by atoms with Gasteiger partial charge in [-0.3, -0.25) is 0 Å². The van der Waals surface area contributed by atoms with Crippen LogP contribution in [-0.4, -0.2) is 54.1 Å². The highest BCUT2D eigenvalue weighted by molar-refractivity contribution is 5.17. The maximum atomic E-state index is 10.6. The van der Waals surface area contributed by atoms with Gasteiger partial charge in [0.2, 0.25) is 0 Å². The summed E-state index contributed by atoms with van der Waals surface area (Å²) in [5.74, 6) is 0. The fraction of sp³-hybridized carbons (Fsp3) is 0.600. The molecule has 1 unspecified atom stereocenters.